The topological polar surface area (TPSA) is 15.7 Å². The number of rotatable bonds is 3. The molecule has 0 saturated carbocycles. The fraction of sp³-hybridized carbons (Fsp3) is 0.600. The van der Waals surface area contributed by atoms with E-state index in [0.29, 0.717) is 0 Å². The first kappa shape index (κ1) is 13.4. The lowest BCUT2D eigenvalue weighted by molar-refractivity contribution is 0.0327. The summed E-state index contributed by atoms with van der Waals surface area (Å²) in [5, 5.41) is 0.862. The van der Waals surface area contributed by atoms with Crippen LogP contribution in [-0.4, -0.2) is 55.7 Å². The third-order valence-corrected chi connectivity index (χ3v) is 4.33. The second kappa shape index (κ2) is 6.23. The lowest BCUT2D eigenvalue weighted by Gasteiger charge is -2.32. The van der Waals surface area contributed by atoms with Gasteiger partial charge in [0.15, 0.2) is 0 Å². The number of halogens is 1. The maximum atomic E-state index is 6.04. The normalized spacial score (nSPS) is 21.3. The molecule has 1 aromatic rings. The van der Waals surface area contributed by atoms with Gasteiger partial charge in [-0.15, -0.1) is 0 Å². The first-order valence-corrected chi connectivity index (χ1v) is 7.49. The molecule has 2 aliphatic rings. The summed E-state index contributed by atoms with van der Waals surface area (Å²) in [4.78, 5) is 5.05. The number of nitrogens with zero attached hydrogens (tertiary/aromatic N) is 2. The first-order valence-electron chi connectivity index (χ1n) is 7.11. The van der Waals surface area contributed by atoms with Gasteiger partial charge in [0.05, 0.1) is 13.2 Å². The minimum absolute atomic E-state index is 0.862. The van der Waals surface area contributed by atoms with E-state index in [2.05, 4.69) is 21.9 Å². The average molecular weight is 281 g/mol. The quantitative estimate of drug-likeness (QED) is 0.843. The van der Waals surface area contributed by atoms with E-state index in [0.717, 1.165) is 63.9 Å². The maximum Gasteiger partial charge on any atom is 0.0594 e. The Morgan fingerprint density at radius 2 is 1.79 bits per heavy atom. The summed E-state index contributed by atoms with van der Waals surface area (Å²) in [7, 11) is 0. The van der Waals surface area contributed by atoms with Crippen molar-refractivity contribution in [2.24, 2.45) is 0 Å². The van der Waals surface area contributed by atoms with Crippen molar-refractivity contribution in [2.45, 2.75) is 13.0 Å². The van der Waals surface area contributed by atoms with Crippen LogP contribution in [0.5, 0.6) is 0 Å². The van der Waals surface area contributed by atoms with Gasteiger partial charge in [0.2, 0.25) is 0 Å². The van der Waals surface area contributed by atoms with E-state index in [4.69, 9.17) is 16.3 Å². The fourth-order valence-electron chi connectivity index (χ4n) is 2.88. The average Bonchev–Trinajstić information content (AvgIpc) is 2.46. The van der Waals surface area contributed by atoms with Crippen molar-refractivity contribution in [2.75, 3.05) is 45.9 Å². The Morgan fingerprint density at radius 3 is 2.63 bits per heavy atom. The van der Waals surface area contributed by atoms with Crippen LogP contribution >= 0.6 is 11.6 Å². The molecule has 0 amide bonds. The van der Waals surface area contributed by atoms with Crippen LogP contribution in [0.4, 0.5) is 0 Å². The van der Waals surface area contributed by atoms with Crippen molar-refractivity contribution in [3.63, 3.8) is 0 Å². The molecule has 1 aromatic carbocycles. The molecule has 0 radical (unpaired) electrons. The number of morpholine rings is 1. The van der Waals surface area contributed by atoms with Gasteiger partial charge in [0.1, 0.15) is 0 Å². The SMILES string of the molecule is Clc1ccc2c(c1)CCN(CCN1CCOCC1)C2. The number of ether oxygens (including phenoxy) is 1. The van der Waals surface area contributed by atoms with Crippen molar-refractivity contribution in [3.05, 3.63) is 34.3 Å². The zero-order valence-corrected chi connectivity index (χ0v) is 12.0. The molecule has 2 heterocycles. The van der Waals surface area contributed by atoms with Crippen molar-refractivity contribution in [1.82, 2.24) is 9.80 Å². The van der Waals surface area contributed by atoms with Crippen molar-refractivity contribution >= 4 is 11.6 Å². The van der Waals surface area contributed by atoms with Crippen LogP contribution in [0, 0.1) is 0 Å². The Balaban J connectivity index is 1.52. The van der Waals surface area contributed by atoms with Crippen LogP contribution in [0.2, 0.25) is 5.02 Å². The summed E-state index contributed by atoms with van der Waals surface area (Å²) in [6, 6.07) is 6.31. The van der Waals surface area contributed by atoms with Crippen LogP contribution < -0.4 is 0 Å². The molecule has 0 aromatic heterocycles. The lowest BCUT2D eigenvalue weighted by atomic mass is 10.00. The summed E-state index contributed by atoms with van der Waals surface area (Å²) >= 11 is 6.04. The molecular weight excluding hydrogens is 260 g/mol. The fourth-order valence-corrected chi connectivity index (χ4v) is 3.07. The highest BCUT2D eigenvalue weighted by Crippen LogP contribution is 2.22. The number of hydrogen-bond donors (Lipinski definition) is 0. The zero-order chi connectivity index (χ0) is 13.1. The molecule has 0 N–H and O–H groups in total. The van der Waals surface area contributed by atoms with Gasteiger partial charge < -0.3 is 4.74 Å². The summed E-state index contributed by atoms with van der Waals surface area (Å²) in [5.41, 5.74) is 2.87. The van der Waals surface area contributed by atoms with Gasteiger partial charge in [-0.25, -0.2) is 0 Å². The van der Waals surface area contributed by atoms with E-state index >= 15 is 0 Å². The van der Waals surface area contributed by atoms with E-state index in [-0.39, 0.29) is 0 Å². The summed E-state index contributed by atoms with van der Waals surface area (Å²) < 4.78 is 5.38. The van der Waals surface area contributed by atoms with Gasteiger partial charge in [-0.3, -0.25) is 9.80 Å². The van der Waals surface area contributed by atoms with Crippen LogP contribution in [0.15, 0.2) is 18.2 Å². The first-order chi connectivity index (χ1) is 9.31. The molecule has 4 heteroatoms. The van der Waals surface area contributed by atoms with Gasteiger partial charge in [0.25, 0.3) is 0 Å². The monoisotopic (exact) mass is 280 g/mol. The Morgan fingerprint density at radius 1 is 1.00 bits per heavy atom. The zero-order valence-electron chi connectivity index (χ0n) is 11.3. The Bertz CT molecular complexity index is 432. The number of benzene rings is 1. The third-order valence-electron chi connectivity index (χ3n) is 4.10. The minimum atomic E-state index is 0.862. The van der Waals surface area contributed by atoms with Crippen LogP contribution in [0.3, 0.4) is 0 Å². The summed E-state index contributed by atoms with van der Waals surface area (Å²) in [6.45, 7) is 8.48. The second-order valence-electron chi connectivity index (χ2n) is 5.39. The van der Waals surface area contributed by atoms with E-state index in [1.807, 2.05) is 6.07 Å². The molecule has 104 valence electrons. The Kier molecular flexibility index (Phi) is 4.38. The summed E-state index contributed by atoms with van der Waals surface area (Å²) in [6.07, 6.45) is 1.12. The minimum Gasteiger partial charge on any atom is -0.379 e. The molecule has 0 bridgehead atoms. The highest BCUT2D eigenvalue weighted by atomic mass is 35.5. The van der Waals surface area contributed by atoms with Crippen LogP contribution in [0.25, 0.3) is 0 Å². The molecular formula is C15H21ClN2O. The predicted octanol–water partition coefficient (Wildman–Crippen LogP) is 2.03. The van der Waals surface area contributed by atoms with E-state index < -0.39 is 0 Å². The predicted molar refractivity (Wildman–Crippen MR) is 77.7 cm³/mol. The molecule has 3 rings (SSSR count). The Hall–Kier alpha value is -0.610. The largest absolute Gasteiger partial charge is 0.379 e. The maximum absolute atomic E-state index is 6.04. The Labute approximate surface area is 120 Å². The van der Waals surface area contributed by atoms with Gasteiger partial charge >= 0.3 is 0 Å². The standard InChI is InChI=1S/C15H21ClN2O/c16-15-2-1-14-12-18(4-3-13(14)11-15)6-5-17-7-9-19-10-8-17/h1-2,11H,3-10,12H2. The van der Waals surface area contributed by atoms with Gasteiger partial charge in [-0.05, 0) is 29.7 Å². The van der Waals surface area contributed by atoms with Crippen molar-refractivity contribution in [1.29, 1.82) is 0 Å². The van der Waals surface area contributed by atoms with Crippen LogP contribution in [0.1, 0.15) is 11.1 Å². The molecule has 0 spiro atoms. The smallest absolute Gasteiger partial charge is 0.0594 e. The molecule has 0 aliphatic carbocycles. The lowest BCUT2D eigenvalue weighted by Crippen LogP contribution is -2.42. The van der Waals surface area contributed by atoms with Gasteiger partial charge in [0, 0.05) is 44.3 Å². The highest BCUT2D eigenvalue weighted by molar-refractivity contribution is 6.30. The van der Waals surface area contributed by atoms with Crippen molar-refractivity contribution in [3.8, 4) is 0 Å². The molecule has 1 saturated heterocycles. The molecule has 0 unspecified atom stereocenters. The van der Waals surface area contributed by atoms with Gasteiger partial charge in [-0.1, -0.05) is 17.7 Å². The van der Waals surface area contributed by atoms with Crippen molar-refractivity contribution < 1.29 is 4.74 Å². The molecule has 1 fully saturated rings. The molecule has 19 heavy (non-hydrogen) atoms. The van der Waals surface area contributed by atoms with E-state index in [1.54, 1.807) is 0 Å². The number of fused-ring (bicyclic) bond motifs is 1. The van der Waals surface area contributed by atoms with Gasteiger partial charge in [-0.2, -0.15) is 0 Å². The van der Waals surface area contributed by atoms with E-state index in [9.17, 15) is 0 Å². The summed E-state index contributed by atoms with van der Waals surface area (Å²) in [5.74, 6) is 0. The molecule has 3 nitrogen and oxygen atoms in total. The third kappa shape index (κ3) is 3.48. The van der Waals surface area contributed by atoms with E-state index in [1.165, 1.54) is 11.1 Å². The number of hydrogen-bond acceptors (Lipinski definition) is 3. The van der Waals surface area contributed by atoms with Crippen LogP contribution in [-0.2, 0) is 17.7 Å². The molecule has 0 atom stereocenters. The molecule has 2 aliphatic heterocycles. The second-order valence-corrected chi connectivity index (χ2v) is 5.83. The highest BCUT2D eigenvalue weighted by Gasteiger charge is 2.17.